The summed E-state index contributed by atoms with van der Waals surface area (Å²) in [5.41, 5.74) is 9.10. The highest BCUT2D eigenvalue weighted by atomic mass is 19.4. The monoisotopic (exact) mass is 275 g/mol. The molecule has 0 saturated carbocycles. The number of alkyl halides is 3. The number of rotatable bonds is 1. The van der Waals surface area contributed by atoms with Gasteiger partial charge in [-0.1, -0.05) is 12.1 Å². The van der Waals surface area contributed by atoms with Crippen LogP contribution in [0.15, 0.2) is 18.2 Å². The number of para-hydroxylation sites is 1. The van der Waals surface area contributed by atoms with Gasteiger partial charge in [-0.05, 0) is 13.0 Å². The lowest BCUT2D eigenvalue weighted by molar-refractivity contribution is -0.137. The summed E-state index contributed by atoms with van der Waals surface area (Å²) in [6, 6.07) is 2.28. The van der Waals surface area contributed by atoms with E-state index < -0.39 is 33.9 Å². The van der Waals surface area contributed by atoms with Crippen LogP contribution in [0.1, 0.15) is 11.1 Å². The molecule has 0 saturated heterocycles. The molecule has 1 aromatic rings. The van der Waals surface area contributed by atoms with Gasteiger partial charge in [0.1, 0.15) is 5.56 Å². The Bertz CT molecular complexity index is 525. The van der Waals surface area contributed by atoms with Crippen molar-refractivity contribution in [1.29, 1.82) is 5.41 Å². The Labute approximate surface area is 107 Å². The van der Waals surface area contributed by atoms with E-state index in [-0.39, 0.29) is 5.56 Å². The van der Waals surface area contributed by atoms with Crippen LogP contribution < -0.4 is 16.0 Å². The Morgan fingerprint density at radius 2 is 1.84 bits per heavy atom. The molecule has 1 unspecified atom stereocenters. The average Bonchev–Trinajstić information content (AvgIpc) is 2.25. The van der Waals surface area contributed by atoms with E-state index in [1.807, 2.05) is 0 Å². The molecule has 1 aromatic carbocycles. The van der Waals surface area contributed by atoms with Crippen molar-refractivity contribution in [1.82, 2.24) is 4.48 Å². The Balaban J connectivity index is 3.75. The molecular formula is C11H14F3N4O+. The quantitative estimate of drug-likeness (QED) is 0.415. The molecule has 0 heterocycles. The number of carbonyl (C=O) groups excluding carboxylic acids is 1. The van der Waals surface area contributed by atoms with Gasteiger partial charge < -0.3 is 11.5 Å². The van der Waals surface area contributed by atoms with Crippen molar-refractivity contribution in [3.8, 4) is 0 Å². The summed E-state index contributed by atoms with van der Waals surface area (Å²) >= 11 is 0. The van der Waals surface area contributed by atoms with Crippen LogP contribution in [0.4, 0.5) is 23.7 Å². The van der Waals surface area contributed by atoms with Crippen molar-refractivity contribution < 1.29 is 18.0 Å². The average molecular weight is 275 g/mol. The molecule has 0 bridgehead atoms. The number of benzene rings is 1. The topological polar surface area (TPSA) is 93.0 Å². The second kappa shape index (κ2) is 4.54. The summed E-state index contributed by atoms with van der Waals surface area (Å²) in [6.45, 7) is 1.40. The summed E-state index contributed by atoms with van der Waals surface area (Å²) in [7, 11) is 1.06. The van der Waals surface area contributed by atoms with Crippen LogP contribution in [0.2, 0.25) is 0 Å². The van der Waals surface area contributed by atoms with Crippen LogP contribution in [0, 0.1) is 12.3 Å². The highest BCUT2D eigenvalue weighted by Crippen LogP contribution is 2.40. The molecule has 2 amide bonds. The molecule has 19 heavy (non-hydrogen) atoms. The van der Waals surface area contributed by atoms with Gasteiger partial charge in [-0.15, -0.1) is 4.48 Å². The lowest BCUT2D eigenvalue weighted by Gasteiger charge is -2.29. The second-order valence-corrected chi connectivity index (χ2v) is 4.20. The number of amides is 2. The lowest BCUT2D eigenvalue weighted by atomic mass is 10.0. The molecule has 1 atom stereocenters. The number of nitrogens with zero attached hydrogens (tertiary/aromatic N) is 1. The fourth-order valence-electron chi connectivity index (χ4n) is 1.83. The predicted octanol–water partition coefficient (Wildman–Crippen LogP) is 1.92. The van der Waals surface area contributed by atoms with Crippen molar-refractivity contribution in [3.05, 3.63) is 29.3 Å². The largest absolute Gasteiger partial charge is 0.426 e. The molecule has 0 aliphatic carbocycles. The van der Waals surface area contributed by atoms with Crippen LogP contribution >= 0.6 is 0 Å². The lowest BCUT2D eigenvalue weighted by Crippen LogP contribution is -2.61. The number of nitrogens with one attached hydrogen (secondary N) is 1. The van der Waals surface area contributed by atoms with E-state index >= 15 is 0 Å². The predicted molar refractivity (Wildman–Crippen MR) is 65.4 cm³/mol. The van der Waals surface area contributed by atoms with Gasteiger partial charge in [0.15, 0.2) is 5.69 Å². The first-order chi connectivity index (χ1) is 8.52. The van der Waals surface area contributed by atoms with E-state index in [2.05, 4.69) is 0 Å². The molecule has 1 rings (SSSR count). The highest BCUT2D eigenvalue weighted by molar-refractivity contribution is 6.07. The van der Waals surface area contributed by atoms with Crippen LogP contribution in [0.25, 0.3) is 0 Å². The third-order valence-electron chi connectivity index (χ3n) is 2.91. The zero-order valence-electron chi connectivity index (χ0n) is 10.4. The number of primary amides is 1. The minimum atomic E-state index is -4.67. The molecule has 0 aliphatic heterocycles. The van der Waals surface area contributed by atoms with Gasteiger partial charge >= 0.3 is 18.2 Å². The van der Waals surface area contributed by atoms with Crippen molar-refractivity contribution in [2.24, 2.45) is 11.5 Å². The van der Waals surface area contributed by atoms with Crippen LogP contribution in [-0.2, 0) is 6.18 Å². The number of nitrogens with two attached hydrogens (primary N) is 2. The molecule has 0 radical (unpaired) electrons. The molecule has 0 spiro atoms. The number of aryl methyl sites for hydroxylation is 1. The first-order valence-electron chi connectivity index (χ1n) is 5.21. The van der Waals surface area contributed by atoms with Crippen LogP contribution in [-0.4, -0.2) is 19.0 Å². The number of quaternary nitrogens is 1. The second-order valence-electron chi connectivity index (χ2n) is 4.20. The van der Waals surface area contributed by atoms with Gasteiger partial charge in [0.2, 0.25) is 0 Å². The van der Waals surface area contributed by atoms with Gasteiger partial charge in [0.05, 0.1) is 7.05 Å². The maximum Gasteiger partial charge on any atom is 0.426 e. The van der Waals surface area contributed by atoms with Crippen LogP contribution in [0.5, 0.6) is 0 Å². The Morgan fingerprint density at radius 3 is 2.21 bits per heavy atom. The van der Waals surface area contributed by atoms with Crippen molar-refractivity contribution in [2.45, 2.75) is 13.1 Å². The number of hydrogen-bond acceptors (Lipinski definition) is 2. The number of guanidine groups is 1. The minimum Gasteiger partial charge on any atom is -0.337 e. The summed E-state index contributed by atoms with van der Waals surface area (Å²) in [6.07, 6.45) is -4.67. The smallest absolute Gasteiger partial charge is 0.337 e. The summed E-state index contributed by atoms with van der Waals surface area (Å²) in [5, 5.41) is 7.40. The molecule has 5 nitrogen and oxygen atoms in total. The van der Waals surface area contributed by atoms with Gasteiger partial charge in [-0.3, -0.25) is 0 Å². The maximum atomic E-state index is 13.0. The van der Waals surface area contributed by atoms with E-state index in [0.29, 0.717) is 0 Å². The van der Waals surface area contributed by atoms with Crippen molar-refractivity contribution in [2.75, 3.05) is 7.05 Å². The molecule has 5 N–H and O–H groups in total. The highest BCUT2D eigenvalue weighted by Gasteiger charge is 2.46. The summed E-state index contributed by atoms with van der Waals surface area (Å²) in [4.78, 5) is 11.5. The van der Waals surface area contributed by atoms with Gasteiger partial charge in [0.25, 0.3) is 0 Å². The van der Waals surface area contributed by atoms with E-state index in [1.54, 1.807) is 0 Å². The zero-order chi connectivity index (χ0) is 15.0. The van der Waals surface area contributed by atoms with E-state index in [1.165, 1.54) is 19.1 Å². The standard InChI is InChI=1S/C11H13F3N4O/c1-6-4-3-5-7(11(12,13)14)8(6)18(2,9(15)16)10(17)19/h3-5H,1-2H3,(H4-,15,16,17,19)/p+1. The Morgan fingerprint density at radius 1 is 1.32 bits per heavy atom. The number of halogens is 3. The van der Waals surface area contributed by atoms with E-state index in [0.717, 1.165) is 13.1 Å². The van der Waals surface area contributed by atoms with E-state index in [4.69, 9.17) is 16.9 Å². The third-order valence-corrected chi connectivity index (χ3v) is 2.91. The summed E-state index contributed by atoms with van der Waals surface area (Å²) in [5.74, 6) is -0.785. The van der Waals surface area contributed by atoms with Crippen LogP contribution in [0.3, 0.4) is 0 Å². The van der Waals surface area contributed by atoms with Crippen molar-refractivity contribution >= 4 is 17.7 Å². The molecule has 0 aliphatic rings. The Hall–Kier alpha value is -2.09. The van der Waals surface area contributed by atoms with Gasteiger partial charge in [-0.25, -0.2) is 10.2 Å². The number of urea groups is 1. The van der Waals surface area contributed by atoms with E-state index in [9.17, 15) is 18.0 Å². The normalized spacial score (nSPS) is 14.8. The van der Waals surface area contributed by atoms with Crippen molar-refractivity contribution in [3.63, 3.8) is 0 Å². The molecule has 8 heteroatoms. The summed E-state index contributed by atoms with van der Waals surface area (Å²) < 4.78 is 37.8. The maximum absolute atomic E-state index is 13.0. The van der Waals surface area contributed by atoms with Gasteiger partial charge in [0, 0.05) is 5.56 Å². The number of hydrogen-bond donors (Lipinski definition) is 3. The molecule has 104 valence electrons. The first kappa shape index (κ1) is 15.0. The molecule has 0 aromatic heterocycles. The third kappa shape index (κ3) is 2.39. The minimum absolute atomic E-state index is 0.173. The first-order valence-corrected chi connectivity index (χ1v) is 5.21. The molecular weight excluding hydrogens is 261 g/mol. The fourth-order valence-corrected chi connectivity index (χ4v) is 1.83. The number of carbonyl (C=O) groups is 1. The van der Waals surface area contributed by atoms with Gasteiger partial charge in [-0.2, -0.15) is 13.2 Å². The SMILES string of the molecule is Cc1cccc(C(F)(F)F)c1[N+](C)(C(=N)N)C(N)=O. The Kier molecular flexibility index (Phi) is 3.58. The zero-order valence-corrected chi connectivity index (χ0v) is 10.4. The fraction of sp³-hybridized carbons (Fsp3) is 0.273. The molecule has 0 fully saturated rings.